The number of piperazine rings is 1. The molecule has 0 radical (unpaired) electrons. The lowest BCUT2D eigenvalue weighted by molar-refractivity contribution is -0.138. The van der Waals surface area contributed by atoms with E-state index in [1.165, 1.54) is 0 Å². The van der Waals surface area contributed by atoms with Gasteiger partial charge in [-0.2, -0.15) is 0 Å². The minimum Gasteiger partial charge on any atom is -0.481 e. The highest BCUT2D eigenvalue weighted by atomic mass is 16.5. The summed E-state index contributed by atoms with van der Waals surface area (Å²) in [6.45, 7) is 8.23. The van der Waals surface area contributed by atoms with Gasteiger partial charge in [0, 0.05) is 50.2 Å². The van der Waals surface area contributed by atoms with Crippen molar-refractivity contribution in [2.24, 2.45) is 5.92 Å². The highest BCUT2D eigenvalue weighted by Gasteiger charge is 2.31. The Hall–Kier alpha value is -1.82. The van der Waals surface area contributed by atoms with Gasteiger partial charge in [-0.3, -0.25) is 9.69 Å². The zero-order valence-corrected chi connectivity index (χ0v) is 16.3. The SMILES string of the molecule is COc1ccc(N[C@H]2CC[C@H](C(=O)N3CCN(C(C)C)CC3)CC2)cn1. The Balaban J connectivity index is 1.43. The molecule has 2 fully saturated rings. The van der Waals surface area contributed by atoms with Crippen molar-refractivity contribution in [1.29, 1.82) is 0 Å². The summed E-state index contributed by atoms with van der Waals surface area (Å²) in [7, 11) is 1.62. The van der Waals surface area contributed by atoms with Crippen LogP contribution in [-0.4, -0.2) is 66.1 Å². The van der Waals surface area contributed by atoms with E-state index in [0.29, 0.717) is 23.9 Å². The van der Waals surface area contributed by atoms with Crippen molar-refractivity contribution >= 4 is 11.6 Å². The molecule has 0 aromatic carbocycles. The van der Waals surface area contributed by atoms with Gasteiger partial charge in [-0.1, -0.05) is 0 Å². The van der Waals surface area contributed by atoms with Crippen LogP contribution in [0.5, 0.6) is 5.88 Å². The number of nitrogens with zero attached hydrogens (tertiary/aromatic N) is 3. The fourth-order valence-corrected chi connectivity index (χ4v) is 4.02. The fraction of sp³-hybridized carbons (Fsp3) is 0.700. The fourth-order valence-electron chi connectivity index (χ4n) is 4.02. The highest BCUT2D eigenvalue weighted by Crippen LogP contribution is 2.28. The third-order valence-corrected chi connectivity index (χ3v) is 5.75. The number of methoxy groups -OCH3 is 1. The molecule has 2 heterocycles. The van der Waals surface area contributed by atoms with Crippen molar-refractivity contribution in [2.75, 3.05) is 38.6 Å². The molecule has 0 atom stereocenters. The summed E-state index contributed by atoms with van der Waals surface area (Å²) in [5, 5.41) is 3.54. The van der Waals surface area contributed by atoms with E-state index in [-0.39, 0.29) is 5.92 Å². The first-order valence-corrected chi connectivity index (χ1v) is 9.86. The standard InChI is InChI=1S/C20H32N4O2/c1-15(2)23-10-12-24(13-11-23)20(25)16-4-6-17(7-5-16)22-18-8-9-19(26-3)21-14-18/h8-9,14-17,22H,4-7,10-13H2,1-3H3/t16-,17-. The Morgan fingerprint density at radius 3 is 2.38 bits per heavy atom. The number of amides is 1. The molecule has 0 unspecified atom stereocenters. The van der Waals surface area contributed by atoms with E-state index in [1.807, 2.05) is 18.3 Å². The van der Waals surface area contributed by atoms with E-state index in [2.05, 4.69) is 33.9 Å². The van der Waals surface area contributed by atoms with Crippen LogP contribution < -0.4 is 10.1 Å². The predicted molar refractivity (Wildman–Crippen MR) is 103 cm³/mol. The molecule has 1 amide bonds. The molecule has 1 aliphatic carbocycles. The van der Waals surface area contributed by atoms with Crippen molar-refractivity contribution in [1.82, 2.24) is 14.8 Å². The first kappa shape index (κ1) is 19.0. The number of rotatable bonds is 5. The number of hydrogen-bond acceptors (Lipinski definition) is 5. The lowest BCUT2D eigenvalue weighted by Gasteiger charge is -2.39. The van der Waals surface area contributed by atoms with E-state index >= 15 is 0 Å². The molecule has 0 bridgehead atoms. The second-order valence-electron chi connectivity index (χ2n) is 7.74. The molecule has 2 aliphatic rings. The molecule has 3 rings (SSSR count). The van der Waals surface area contributed by atoms with Gasteiger partial charge >= 0.3 is 0 Å². The van der Waals surface area contributed by atoms with Gasteiger partial charge in [-0.25, -0.2) is 4.98 Å². The van der Waals surface area contributed by atoms with Gasteiger partial charge in [-0.15, -0.1) is 0 Å². The summed E-state index contributed by atoms with van der Waals surface area (Å²) in [6.07, 6.45) is 5.84. The van der Waals surface area contributed by atoms with E-state index in [0.717, 1.165) is 57.5 Å². The molecule has 1 saturated carbocycles. The van der Waals surface area contributed by atoms with Crippen LogP contribution in [0.1, 0.15) is 39.5 Å². The van der Waals surface area contributed by atoms with Crippen LogP contribution in [0.3, 0.4) is 0 Å². The van der Waals surface area contributed by atoms with Gasteiger partial charge in [0.2, 0.25) is 11.8 Å². The van der Waals surface area contributed by atoms with Gasteiger partial charge < -0.3 is 15.0 Å². The Morgan fingerprint density at radius 1 is 1.15 bits per heavy atom. The molecule has 144 valence electrons. The molecule has 6 nitrogen and oxygen atoms in total. The third kappa shape index (κ3) is 4.67. The maximum Gasteiger partial charge on any atom is 0.225 e. The molecule has 1 N–H and O–H groups in total. The lowest BCUT2D eigenvalue weighted by atomic mass is 9.85. The van der Waals surface area contributed by atoms with Crippen LogP contribution in [-0.2, 0) is 4.79 Å². The quantitative estimate of drug-likeness (QED) is 0.875. The van der Waals surface area contributed by atoms with Crippen LogP contribution in [0.25, 0.3) is 0 Å². The van der Waals surface area contributed by atoms with Crippen molar-refractivity contribution in [2.45, 2.75) is 51.6 Å². The zero-order valence-electron chi connectivity index (χ0n) is 16.3. The minimum absolute atomic E-state index is 0.202. The first-order valence-electron chi connectivity index (χ1n) is 9.86. The molecule has 6 heteroatoms. The summed E-state index contributed by atoms with van der Waals surface area (Å²) in [5.41, 5.74) is 1.02. The van der Waals surface area contributed by atoms with Gasteiger partial charge in [-0.05, 0) is 45.6 Å². The molecule has 1 saturated heterocycles. The summed E-state index contributed by atoms with van der Waals surface area (Å²) in [6, 6.07) is 4.86. The molecule has 1 aromatic heterocycles. The summed E-state index contributed by atoms with van der Waals surface area (Å²) in [4.78, 5) is 21.6. The Bertz CT molecular complexity index is 574. The number of anilines is 1. The summed E-state index contributed by atoms with van der Waals surface area (Å²) in [5.74, 6) is 1.20. The van der Waals surface area contributed by atoms with E-state index in [4.69, 9.17) is 4.74 Å². The number of nitrogens with one attached hydrogen (secondary N) is 1. The van der Waals surface area contributed by atoms with Crippen LogP contribution in [0.15, 0.2) is 18.3 Å². The van der Waals surface area contributed by atoms with E-state index < -0.39 is 0 Å². The number of carbonyl (C=O) groups is 1. The predicted octanol–water partition coefficient (Wildman–Crippen LogP) is 2.61. The molecule has 1 aromatic rings. The number of ether oxygens (including phenoxy) is 1. The largest absolute Gasteiger partial charge is 0.481 e. The average molecular weight is 361 g/mol. The normalized spacial score (nSPS) is 24.5. The summed E-state index contributed by atoms with van der Waals surface area (Å²) >= 11 is 0. The molecule has 0 spiro atoms. The Morgan fingerprint density at radius 2 is 1.85 bits per heavy atom. The number of carbonyl (C=O) groups excluding carboxylic acids is 1. The Kier molecular flexibility index (Phi) is 6.35. The lowest BCUT2D eigenvalue weighted by Crippen LogP contribution is -2.52. The maximum atomic E-state index is 12.8. The number of hydrogen-bond donors (Lipinski definition) is 1. The number of pyridine rings is 1. The zero-order chi connectivity index (χ0) is 18.5. The Labute approximate surface area is 156 Å². The highest BCUT2D eigenvalue weighted by molar-refractivity contribution is 5.79. The first-order chi connectivity index (χ1) is 12.6. The third-order valence-electron chi connectivity index (χ3n) is 5.75. The second kappa shape index (κ2) is 8.71. The maximum absolute atomic E-state index is 12.8. The van der Waals surface area contributed by atoms with E-state index in [1.54, 1.807) is 7.11 Å². The summed E-state index contributed by atoms with van der Waals surface area (Å²) < 4.78 is 5.09. The van der Waals surface area contributed by atoms with E-state index in [9.17, 15) is 4.79 Å². The van der Waals surface area contributed by atoms with Crippen molar-refractivity contribution in [3.05, 3.63) is 18.3 Å². The molecule has 26 heavy (non-hydrogen) atoms. The van der Waals surface area contributed by atoms with Crippen LogP contribution in [0, 0.1) is 5.92 Å². The monoisotopic (exact) mass is 360 g/mol. The number of aromatic nitrogens is 1. The average Bonchev–Trinajstić information content (AvgIpc) is 2.69. The van der Waals surface area contributed by atoms with Gasteiger partial charge in [0.1, 0.15) is 0 Å². The van der Waals surface area contributed by atoms with Crippen LogP contribution >= 0.6 is 0 Å². The van der Waals surface area contributed by atoms with Gasteiger partial charge in [0.05, 0.1) is 19.0 Å². The second-order valence-corrected chi connectivity index (χ2v) is 7.74. The van der Waals surface area contributed by atoms with Gasteiger partial charge in [0.15, 0.2) is 0 Å². The topological polar surface area (TPSA) is 57.7 Å². The van der Waals surface area contributed by atoms with Crippen LogP contribution in [0.2, 0.25) is 0 Å². The smallest absolute Gasteiger partial charge is 0.225 e. The van der Waals surface area contributed by atoms with Crippen molar-refractivity contribution in [3.8, 4) is 5.88 Å². The molecule has 1 aliphatic heterocycles. The molecular formula is C20H32N4O2. The van der Waals surface area contributed by atoms with Gasteiger partial charge in [0.25, 0.3) is 0 Å². The van der Waals surface area contributed by atoms with Crippen molar-refractivity contribution in [3.63, 3.8) is 0 Å². The minimum atomic E-state index is 0.202. The van der Waals surface area contributed by atoms with Crippen molar-refractivity contribution < 1.29 is 9.53 Å². The molecular weight excluding hydrogens is 328 g/mol. The van der Waals surface area contributed by atoms with Crippen LogP contribution in [0.4, 0.5) is 5.69 Å².